The van der Waals surface area contributed by atoms with E-state index in [1.807, 2.05) is 0 Å². The van der Waals surface area contributed by atoms with Crippen LogP contribution in [0.2, 0.25) is 5.02 Å². The lowest BCUT2D eigenvalue weighted by Crippen LogP contribution is -2.34. The summed E-state index contributed by atoms with van der Waals surface area (Å²) in [5, 5.41) is 4.22. The summed E-state index contributed by atoms with van der Waals surface area (Å²) in [7, 11) is 3.22. The van der Waals surface area contributed by atoms with Gasteiger partial charge in [-0.05, 0) is 18.2 Å². The van der Waals surface area contributed by atoms with E-state index in [2.05, 4.69) is 5.16 Å². The number of amides is 2. The number of nitrogens with zero attached hydrogens (tertiary/aromatic N) is 3. The molecule has 1 saturated heterocycles. The van der Waals surface area contributed by atoms with E-state index in [-0.39, 0.29) is 18.2 Å². The Kier molecular flexibility index (Phi) is 4.94. The zero-order valence-electron chi connectivity index (χ0n) is 13.9. The van der Waals surface area contributed by atoms with Crippen LogP contribution in [0, 0.1) is 5.92 Å². The van der Waals surface area contributed by atoms with Gasteiger partial charge in [-0.3, -0.25) is 9.59 Å². The molecule has 1 fully saturated rings. The molecule has 1 atom stereocenters. The van der Waals surface area contributed by atoms with Crippen molar-refractivity contribution in [2.24, 2.45) is 5.92 Å². The van der Waals surface area contributed by atoms with Gasteiger partial charge >= 0.3 is 0 Å². The number of hydrogen-bond donors (Lipinski definition) is 0. The summed E-state index contributed by atoms with van der Waals surface area (Å²) in [6, 6.07) is 6.84. The maximum atomic E-state index is 12.6. The molecular formula is C17H18ClN3O4. The SMILES string of the molecule is COc1ccc(N2C[C@@H](C(=O)N(C)Cc3ccon3)CC2=O)cc1Cl. The van der Waals surface area contributed by atoms with Crippen LogP contribution >= 0.6 is 11.6 Å². The molecule has 132 valence electrons. The normalized spacial score (nSPS) is 17.0. The monoisotopic (exact) mass is 363 g/mol. The number of carbonyl (C=O) groups is 2. The Bertz CT molecular complexity index is 778. The summed E-state index contributed by atoms with van der Waals surface area (Å²) in [4.78, 5) is 28.1. The van der Waals surface area contributed by atoms with E-state index >= 15 is 0 Å². The molecule has 0 aliphatic carbocycles. The van der Waals surface area contributed by atoms with Crippen LogP contribution in [0.25, 0.3) is 0 Å². The van der Waals surface area contributed by atoms with E-state index in [0.29, 0.717) is 35.2 Å². The second-order valence-electron chi connectivity index (χ2n) is 5.91. The first-order valence-electron chi connectivity index (χ1n) is 7.77. The van der Waals surface area contributed by atoms with Gasteiger partial charge in [-0.2, -0.15) is 0 Å². The quantitative estimate of drug-likeness (QED) is 0.815. The predicted molar refractivity (Wildman–Crippen MR) is 91.4 cm³/mol. The van der Waals surface area contributed by atoms with Crippen molar-refractivity contribution in [2.75, 3.05) is 25.6 Å². The fourth-order valence-corrected chi connectivity index (χ4v) is 3.15. The van der Waals surface area contributed by atoms with Crippen LogP contribution in [0.5, 0.6) is 5.75 Å². The molecule has 0 spiro atoms. The van der Waals surface area contributed by atoms with Gasteiger partial charge in [0.05, 0.1) is 24.6 Å². The molecule has 0 bridgehead atoms. The Morgan fingerprint density at radius 2 is 2.28 bits per heavy atom. The Morgan fingerprint density at radius 1 is 1.48 bits per heavy atom. The molecule has 0 N–H and O–H groups in total. The summed E-state index contributed by atoms with van der Waals surface area (Å²) < 4.78 is 9.89. The third-order valence-electron chi connectivity index (χ3n) is 4.19. The van der Waals surface area contributed by atoms with E-state index in [1.165, 1.54) is 13.4 Å². The average molecular weight is 364 g/mol. The topological polar surface area (TPSA) is 75.9 Å². The lowest BCUT2D eigenvalue weighted by Gasteiger charge is -2.21. The van der Waals surface area contributed by atoms with Gasteiger partial charge in [0.2, 0.25) is 11.8 Å². The largest absolute Gasteiger partial charge is 0.495 e. The van der Waals surface area contributed by atoms with Gasteiger partial charge in [-0.25, -0.2) is 0 Å². The number of halogens is 1. The lowest BCUT2D eigenvalue weighted by atomic mass is 10.1. The van der Waals surface area contributed by atoms with Crippen molar-refractivity contribution < 1.29 is 18.8 Å². The van der Waals surface area contributed by atoms with Gasteiger partial charge in [-0.1, -0.05) is 16.8 Å². The Hall–Kier alpha value is -2.54. The zero-order chi connectivity index (χ0) is 18.0. The van der Waals surface area contributed by atoms with Crippen molar-refractivity contribution in [3.05, 3.63) is 41.2 Å². The highest BCUT2D eigenvalue weighted by atomic mass is 35.5. The van der Waals surface area contributed by atoms with Crippen molar-refractivity contribution in [1.82, 2.24) is 10.1 Å². The van der Waals surface area contributed by atoms with Crippen molar-refractivity contribution in [1.29, 1.82) is 0 Å². The number of hydrogen-bond acceptors (Lipinski definition) is 5. The zero-order valence-corrected chi connectivity index (χ0v) is 14.7. The van der Waals surface area contributed by atoms with Gasteiger partial charge in [-0.15, -0.1) is 0 Å². The van der Waals surface area contributed by atoms with Crippen LogP contribution in [0.1, 0.15) is 12.1 Å². The van der Waals surface area contributed by atoms with Gasteiger partial charge < -0.3 is 19.1 Å². The summed E-state index contributed by atoms with van der Waals surface area (Å²) >= 11 is 6.13. The first-order valence-corrected chi connectivity index (χ1v) is 8.15. The molecule has 2 aromatic rings. The third-order valence-corrected chi connectivity index (χ3v) is 4.48. The fraction of sp³-hybridized carbons (Fsp3) is 0.353. The third kappa shape index (κ3) is 3.61. The highest BCUT2D eigenvalue weighted by Crippen LogP contribution is 2.32. The Labute approximate surface area is 150 Å². The Balaban J connectivity index is 1.69. The summed E-state index contributed by atoms with van der Waals surface area (Å²) in [6.45, 7) is 0.665. The van der Waals surface area contributed by atoms with Crippen LogP contribution < -0.4 is 9.64 Å². The van der Waals surface area contributed by atoms with E-state index in [1.54, 1.807) is 41.1 Å². The van der Waals surface area contributed by atoms with Crippen LogP contribution in [-0.2, 0) is 16.1 Å². The highest BCUT2D eigenvalue weighted by molar-refractivity contribution is 6.32. The second-order valence-corrected chi connectivity index (χ2v) is 6.32. The van der Waals surface area contributed by atoms with Crippen LogP contribution in [0.4, 0.5) is 5.69 Å². The molecule has 3 rings (SSSR count). The van der Waals surface area contributed by atoms with E-state index in [9.17, 15) is 9.59 Å². The molecule has 8 heteroatoms. The minimum Gasteiger partial charge on any atom is -0.495 e. The van der Waals surface area contributed by atoms with Crippen LogP contribution in [0.3, 0.4) is 0 Å². The number of rotatable bonds is 5. The number of benzene rings is 1. The molecule has 1 aliphatic heterocycles. The van der Waals surface area contributed by atoms with Crippen LogP contribution in [0.15, 0.2) is 35.1 Å². The molecule has 7 nitrogen and oxygen atoms in total. The smallest absolute Gasteiger partial charge is 0.228 e. The van der Waals surface area contributed by atoms with Gasteiger partial charge in [0.15, 0.2) is 0 Å². The van der Waals surface area contributed by atoms with E-state index in [4.69, 9.17) is 20.9 Å². The first kappa shape index (κ1) is 17.3. The summed E-state index contributed by atoms with van der Waals surface area (Å²) in [6.07, 6.45) is 1.63. The fourth-order valence-electron chi connectivity index (χ4n) is 2.90. The molecule has 0 saturated carbocycles. The van der Waals surface area contributed by atoms with Crippen molar-refractivity contribution in [2.45, 2.75) is 13.0 Å². The minimum absolute atomic E-state index is 0.0986. The van der Waals surface area contributed by atoms with E-state index < -0.39 is 5.92 Å². The van der Waals surface area contributed by atoms with Crippen molar-refractivity contribution in [3.63, 3.8) is 0 Å². The molecule has 1 aliphatic rings. The highest BCUT2D eigenvalue weighted by Gasteiger charge is 2.36. The van der Waals surface area contributed by atoms with Crippen LogP contribution in [-0.4, -0.2) is 42.6 Å². The average Bonchev–Trinajstić information content (AvgIpc) is 3.23. The van der Waals surface area contributed by atoms with Crippen molar-refractivity contribution in [3.8, 4) is 5.75 Å². The standard InChI is InChI=1S/C17H18ClN3O4/c1-20(10-12-5-6-25-19-12)17(23)11-7-16(22)21(9-11)13-3-4-15(24-2)14(18)8-13/h3-6,8,11H,7,9-10H2,1-2H3/t11-/m0/s1. The molecule has 0 radical (unpaired) electrons. The predicted octanol–water partition coefficient (Wildman–Crippen LogP) is 2.35. The molecule has 2 heterocycles. The first-order chi connectivity index (χ1) is 12.0. The Morgan fingerprint density at radius 3 is 2.92 bits per heavy atom. The van der Waals surface area contributed by atoms with Gasteiger partial charge in [0, 0.05) is 31.8 Å². The molecule has 1 aromatic heterocycles. The molecule has 1 aromatic carbocycles. The second kappa shape index (κ2) is 7.14. The lowest BCUT2D eigenvalue weighted by molar-refractivity contribution is -0.135. The summed E-state index contributed by atoms with van der Waals surface area (Å²) in [5.41, 5.74) is 1.32. The van der Waals surface area contributed by atoms with Crippen molar-refractivity contribution >= 4 is 29.1 Å². The molecule has 0 unspecified atom stereocenters. The number of ether oxygens (including phenoxy) is 1. The maximum Gasteiger partial charge on any atom is 0.228 e. The molecular weight excluding hydrogens is 346 g/mol. The van der Waals surface area contributed by atoms with Gasteiger partial charge in [0.25, 0.3) is 0 Å². The number of aromatic nitrogens is 1. The van der Waals surface area contributed by atoms with E-state index in [0.717, 1.165) is 0 Å². The number of carbonyl (C=O) groups excluding carboxylic acids is 2. The number of methoxy groups -OCH3 is 1. The molecule has 2 amide bonds. The summed E-state index contributed by atoms with van der Waals surface area (Å²) in [5.74, 6) is -0.0600. The number of anilines is 1. The minimum atomic E-state index is -0.398. The molecule has 25 heavy (non-hydrogen) atoms. The maximum absolute atomic E-state index is 12.6. The van der Waals surface area contributed by atoms with Gasteiger partial charge in [0.1, 0.15) is 17.7 Å².